The fourth-order valence-corrected chi connectivity index (χ4v) is 6.57. The molecule has 1 saturated carbocycles. The monoisotopic (exact) mass is 349 g/mol. The van der Waals surface area contributed by atoms with Crippen LogP contribution in [-0.4, -0.2) is 55.3 Å². The van der Waals surface area contributed by atoms with Gasteiger partial charge in [-0.05, 0) is 31.2 Å². The van der Waals surface area contributed by atoms with E-state index < -0.39 is 0 Å². The number of methoxy groups -OCH3 is 2. The van der Waals surface area contributed by atoms with Gasteiger partial charge in [0.15, 0.2) is 5.41 Å². The molecule has 0 radical (unpaired) electrons. The number of piperidine rings is 2. The molecule has 0 aromatic heterocycles. The molecule has 6 aliphatic rings. The molecule has 4 nitrogen and oxygen atoms in total. The lowest BCUT2D eigenvalue weighted by molar-refractivity contribution is -0.453. The van der Waals surface area contributed by atoms with Crippen LogP contribution in [0, 0.1) is 11.3 Å². The molecule has 4 bridgehead atoms. The molecule has 1 spiro atoms. The van der Waals surface area contributed by atoms with Crippen LogP contribution in [0.25, 0.3) is 5.57 Å². The van der Waals surface area contributed by atoms with Crippen LogP contribution < -0.4 is 0 Å². The second kappa shape index (κ2) is 5.08. The van der Waals surface area contributed by atoms with Gasteiger partial charge in [0.25, 0.3) is 0 Å². The average molecular weight is 349 g/mol. The maximum absolute atomic E-state index is 6.10. The van der Waals surface area contributed by atoms with Crippen LogP contribution in [0.2, 0.25) is 0 Å². The van der Waals surface area contributed by atoms with Crippen LogP contribution in [0.1, 0.15) is 24.8 Å². The van der Waals surface area contributed by atoms with E-state index in [1.54, 1.807) is 18.3 Å². The first kappa shape index (κ1) is 15.2. The Labute approximate surface area is 154 Å². The summed E-state index contributed by atoms with van der Waals surface area (Å²) in [7, 11) is 3.65. The first-order valence-corrected chi connectivity index (χ1v) is 9.76. The topological polar surface area (TPSA) is 24.7 Å². The average Bonchev–Trinajstić information content (AvgIpc) is 2.92. The number of ether oxygens (including phenoxy) is 2. The van der Waals surface area contributed by atoms with Crippen LogP contribution in [0.15, 0.2) is 41.6 Å². The molecule has 3 fully saturated rings. The molecule has 7 rings (SSSR count). The van der Waals surface area contributed by atoms with Gasteiger partial charge in [0.2, 0.25) is 11.4 Å². The number of para-hydroxylation sites is 1. The van der Waals surface area contributed by atoms with Gasteiger partial charge in [-0.3, -0.25) is 4.90 Å². The van der Waals surface area contributed by atoms with Crippen LogP contribution >= 0.6 is 0 Å². The summed E-state index contributed by atoms with van der Waals surface area (Å²) in [6.07, 6.45) is 5.93. The molecule has 26 heavy (non-hydrogen) atoms. The fraction of sp³-hybridized carbons (Fsp3) is 0.500. The Kier molecular flexibility index (Phi) is 2.97. The van der Waals surface area contributed by atoms with E-state index in [-0.39, 0.29) is 5.41 Å². The van der Waals surface area contributed by atoms with Gasteiger partial charge >= 0.3 is 5.90 Å². The van der Waals surface area contributed by atoms with Crippen molar-refractivity contribution in [1.82, 2.24) is 4.90 Å². The zero-order valence-electron chi connectivity index (χ0n) is 15.5. The lowest BCUT2D eigenvalue weighted by Crippen LogP contribution is -2.68. The van der Waals surface area contributed by atoms with Crippen LogP contribution in [0.5, 0.6) is 0 Å². The third-order valence-corrected chi connectivity index (χ3v) is 7.15. The zero-order chi connectivity index (χ0) is 17.5. The van der Waals surface area contributed by atoms with Crippen molar-refractivity contribution in [3.05, 3.63) is 47.2 Å². The smallest absolute Gasteiger partial charge is 0.367 e. The Morgan fingerprint density at radius 3 is 3.04 bits per heavy atom. The maximum Gasteiger partial charge on any atom is 0.367 e. The highest BCUT2D eigenvalue weighted by molar-refractivity contribution is 5.98. The van der Waals surface area contributed by atoms with Crippen molar-refractivity contribution in [1.29, 1.82) is 0 Å². The third-order valence-electron chi connectivity index (χ3n) is 7.15. The standard InChI is InChI=1S/C22H25N2O2/c1-25-10-8-15-11-14-12-22-19(15)23(13-14)9-7-17-16-5-3-4-6-18(16)24(20(17)22)21(22)26-2/h3-6,8,14,19H,7,9-13H2,1-2H3/q+1/b15-8-/t14?,19?,22-/m1/s1. The van der Waals surface area contributed by atoms with Crippen molar-refractivity contribution in [2.75, 3.05) is 33.9 Å². The summed E-state index contributed by atoms with van der Waals surface area (Å²) >= 11 is 0. The molecule has 1 aromatic rings. The zero-order valence-corrected chi connectivity index (χ0v) is 15.5. The predicted octanol–water partition coefficient (Wildman–Crippen LogP) is 3.17. The molecule has 1 aromatic carbocycles. The quantitative estimate of drug-likeness (QED) is 0.606. The van der Waals surface area contributed by atoms with Gasteiger partial charge in [0.1, 0.15) is 0 Å². The van der Waals surface area contributed by atoms with Crippen LogP contribution in [0.4, 0.5) is 5.69 Å². The summed E-state index contributed by atoms with van der Waals surface area (Å²) in [4.78, 5) is 2.73. The largest absolute Gasteiger partial charge is 0.450 e. The number of fused-ring (bicyclic) bond motifs is 4. The normalized spacial score (nSPS) is 37.5. The Balaban J connectivity index is 1.61. The number of hydrogen-bond donors (Lipinski definition) is 0. The molecule has 3 unspecified atom stereocenters. The van der Waals surface area contributed by atoms with Gasteiger partial charge < -0.3 is 9.47 Å². The van der Waals surface area contributed by atoms with Crippen molar-refractivity contribution < 1.29 is 14.0 Å². The van der Waals surface area contributed by atoms with Gasteiger partial charge in [-0.2, -0.15) is 0 Å². The van der Waals surface area contributed by atoms with Gasteiger partial charge in [0.05, 0.1) is 25.3 Å². The second-order valence-electron chi connectivity index (χ2n) is 8.32. The summed E-state index contributed by atoms with van der Waals surface area (Å²) in [5.41, 5.74) is 7.44. The van der Waals surface area contributed by atoms with Crippen molar-refractivity contribution >= 4 is 17.2 Å². The lowest BCUT2D eigenvalue weighted by Gasteiger charge is -2.56. The van der Waals surface area contributed by atoms with E-state index in [4.69, 9.17) is 9.47 Å². The van der Waals surface area contributed by atoms with E-state index >= 15 is 0 Å². The highest BCUT2D eigenvalue weighted by Gasteiger charge is 2.75. The summed E-state index contributed by atoms with van der Waals surface area (Å²) in [6, 6.07) is 9.30. The molecule has 134 valence electrons. The summed E-state index contributed by atoms with van der Waals surface area (Å²) in [5, 5.41) is 0. The molecular weight excluding hydrogens is 324 g/mol. The summed E-state index contributed by atoms with van der Waals surface area (Å²) in [6.45, 7) is 3.09. The first-order valence-electron chi connectivity index (χ1n) is 9.76. The van der Waals surface area contributed by atoms with E-state index in [1.165, 1.54) is 42.2 Å². The van der Waals surface area contributed by atoms with Crippen molar-refractivity contribution in [2.45, 2.75) is 25.3 Å². The highest BCUT2D eigenvalue weighted by Crippen LogP contribution is 2.65. The minimum atomic E-state index is 0.0420. The van der Waals surface area contributed by atoms with Crippen molar-refractivity contribution in [3.63, 3.8) is 0 Å². The van der Waals surface area contributed by atoms with Crippen molar-refractivity contribution in [2.24, 2.45) is 11.3 Å². The third kappa shape index (κ3) is 1.57. The Morgan fingerprint density at radius 1 is 1.31 bits per heavy atom. The molecule has 4 atom stereocenters. The van der Waals surface area contributed by atoms with E-state index in [1.807, 2.05) is 7.11 Å². The summed E-state index contributed by atoms with van der Waals surface area (Å²) in [5.74, 6) is 1.88. The molecule has 0 N–H and O–H groups in total. The van der Waals surface area contributed by atoms with E-state index in [9.17, 15) is 0 Å². The number of benzene rings is 1. The molecule has 0 amide bonds. The van der Waals surface area contributed by atoms with Gasteiger partial charge in [0, 0.05) is 31.8 Å². The minimum Gasteiger partial charge on any atom is -0.450 e. The fourth-order valence-electron chi connectivity index (χ4n) is 6.57. The highest BCUT2D eigenvalue weighted by atomic mass is 16.5. The molecule has 2 saturated heterocycles. The molecule has 4 heteroatoms. The van der Waals surface area contributed by atoms with Gasteiger partial charge in [-0.25, -0.2) is 0 Å². The molecular formula is C22H25N2O2+. The molecule has 1 aliphatic carbocycles. The number of rotatable bonds is 2. The van der Waals surface area contributed by atoms with Gasteiger partial charge in [-0.15, -0.1) is 4.58 Å². The Bertz CT molecular complexity index is 912. The van der Waals surface area contributed by atoms with Crippen molar-refractivity contribution in [3.8, 4) is 0 Å². The molecule has 5 heterocycles. The Morgan fingerprint density at radius 2 is 2.19 bits per heavy atom. The predicted molar refractivity (Wildman–Crippen MR) is 100 cm³/mol. The van der Waals surface area contributed by atoms with E-state index in [2.05, 4.69) is 39.8 Å². The second-order valence-corrected chi connectivity index (χ2v) is 8.32. The van der Waals surface area contributed by atoms with Crippen LogP contribution in [0.3, 0.4) is 0 Å². The molecule has 5 aliphatic heterocycles. The van der Waals surface area contributed by atoms with Crippen LogP contribution in [-0.2, 0) is 9.47 Å². The first-order chi connectivity index (χ1) is 12.8. The van der Waals surface area contributed by atoms with Gasteiger partial charge in [-0.1, -0.05) is 23.8 Å². The Hall–Kier alpha value is -1.91. The maximum atomic E-state index is 6.10. The van der Waals surface area contributed by atoms with E-state index in [0.717, 1.165) is 13.0 Å². The SMILES string of the molecule is COC/C=C1/CC2CN3CCC4=C5[N+](=C(OC)[C@]5(C2)C13)c1ccccc14. The lowest BCUT2D eigenvalue weighted by atomic mass is 9.56. The summed E-state index contributed by atoms with van der Waals surface area (Å²) < 4.78 is 13.9. The minimum absolute atomic E-state index is 0.0420. The number of nitrogens with zero attached hydrogens (tertiary/aromatic N) is 2. The van der Waals surface area contributed by atoms with E-state index in [0.29, 0.717) is 18.6 Å². The number of hydrogen-bond acceptors (Lipinski definition) is 3.